The van der Waals surface area contributed by atoms with Crippen molar-refractivity contribution in [1.82, 2.24) is 10.2 Å². The molecule has 3 heteroatoms. The highest BCUT2D eigenvalue weighted by Gasteiger charge is 2.44. The van der Waals surface area contributed by atoms with E-state index in [1.807, 2.05) is 11.0 Å². The molecule has 90 valence electrons. The van der Waals surface area contributed by atoms with Crippen molar-refractivity contribution in [1.29, 1.82) is 0 Å². The van der Waals surface area contributed by atoms with E-state index in [1.165, 1.54) is 12.8 Å². The van der Waals surface area contributed by atoms with Crippen LogP contribution in [-0.4, -0.2) is 35.5 Å². The Balaban J connectivity index is 2.02. The number of fused-ring (bicyclic) bond motifs is 2. The number of nitrogens with zero attached hydrogens (tertiary/aromatic N) is 1. The highest BCUT2D eigenvalue weighted by molar-refractivity contribution is 5.80. The fraction of sp³-hybridized carbons (Fsp3) is 0.769. The number of amides is 1. The van der Waals surface area contributed by atoms with Gasteiger partial charge < -0.3 is 10.2 Å². The third-order valence-electron chi connectivity index (χ3n) is 3.85. The van der Waals surface area contributed by atoms with Crippen molar-refractivity contribution in [3.8, 4) is 0 Å². The molecule has 0 aromatic heterocycles. The summed E-state index contributed by atoms with van der Waals surface area (Å²) < 4.78 is 0. The molecule has 0 aromatic rings. The summed E-state index contributed by atoms with van der Waals surface area (Å²) in [5.41, 5.74) is 0. The topological polar surface area (TPSA) is 32.3 Å². The average molecular weight is 222 g/mol. The predicted octanol–water partition coefficient (Wildman–Crippen LogP) is 1.55. The molecule has 3 nitrogen and oxygen atoms in total. The molecule has 2 fully saturated rings. The van der Waals surface area contributed by atoms with Gasteiger partial charge in [0.25, 0.3) is 0 Å². The molecule has 0 spiro atoms. The Morgan fingerprint density at radius 3 is 2.75 bits per heavy atom. The Hall–Kier alpha value is -0.830. The number of rotatable bonds is 4. The van der Waals surface area contributed by atoms with Crippen LogP contribution < -0.4 is 5.32 Å². The SMILES string of the molecule is C=CCN(C(=O)C1CC2CCC1N2)C(C)C. The van der Waals surface area contributed by atoms with Crippen molar-refractivity contribution in [3.63, 3.8) is 0 Å². The van der Waals surface area contributed by atoms with Crippen LogP contribution in [0, 0.1) is 5.92 Å². The molecular formula is C13H22N2O. The van der Waals surface area contributed by atoms with Crippen LogP contribution in [0.5, 0.6) is 0 Å². The van der Waals surface area contributed by atoms with Crippen molar-refractivity contribution in [3.05, 3.63) is 12.7 Å². The minimum Gasteiger partial charge on any atom is -0.336 e. The summed E-state index contributed by atoms with van der Waals surface area (Å²) in [6, 6.07) is 1.30. The third-order valence-corrected chi connectivity index (χ3v) is 3.85. The molecule has 0 aliphatic carbocycles. The van der Waals surface area contributed by atoms with Gasteiger partial charge >= 0.3 is 0 Å². The minimum atomic E-state index is 0.209. The smallest absolute Gasteiger partial charge is 0.227 e. The second-order valence-electron chi connectivity index (χ2n) is 5.26. The molecule has 2 bridgehead atoms. The van der Waals surface area contributed by atoms with Crippen LogP contribution in [0.2, 0.25) is 0 Å². The van der Waals surface area contributed by atoms with Gasteiger partial charge in [-0.1, -0.05) is 6.08 Å². The molecule has 2 aliphatic rings. The molecule has 3 unspecified atom stereocenters. The molecule has 1 amide bonds. The Bertz CT molecular complexity index is 288. The lowest BCUT2D eigenvalue weighted by Crippen LogP contribution is -2.44. The fourth-order valence-electron chi connectivity index (χ4n) is 3.00. The van der Waals surface area contributed by atoms with Crippen LogP contribution in [0.1, 0.15) is 33.1 Å². The molecule has 0 saturated carbocycles. The summed E-state index contributed by atoms with van der Waals surface area (Å²) in [6.07, 6.45) is 5.26. The van der Waals surface area contributed by atoms with Crippen molar-refractivity contribution < 1.29 is 4.79 Å². The monoisotopic (exact) mass is 222 g/mol. The third kappa shape index (κ3) is 2.01. The molecule has 0 aromatic carbocycles. The average Bonchev–Trinajstić information content (AvgIpc) is 2.86. The first-order valence-corrected chi connectivity index (χ1v) is 6.31. The van der Waals surface area contributed by atoms with Gasteiger partial charge in [-0.05, 0) is 33.1 Å². The summed E-state index contributed by atoms with van der Waals surface area (Å²) in [4.78, 5) is 14.3. The highest BCUT2D eigenvalue weighted by atomic mass is 16.2. The standard InChI is InChI=1S/C13H22N2O/c1-4-7-15(9(2)3)13(16)11-8-10-5-6-12(11)14-10/h4,9-12,14H,1,5-8H2,2-3H3. The first-order valence-electron chi connectivity index (χ1n) is 6.31. The van der Waals surface area contributed by atoms with E-state index in [0.29, 0.717) is 24.5 Å². The summed E-state index contributed by atoms with van der Waals surface area (Å²) >= 11 is 0. The number of hydrogen-bond acceptors (Lipinski definition) is 2. The normalized spacial score (nSPS) is 32.1. The minimum absolute atomic E-state index is 0.209. The van der Waals surface area contributed by atoms with Crippen molar-refractivity contribution in [2.24, 2.45) is 5.92 Å². The molecule has 3 atom stereocenters. The molecule has 2 saturated heterocycles. The van der Waals surface area contributed by atoms with Gasteiger partial charge in [0.2, 0.25) is 5.91 Å². The van der Waals surface area contributed by atoms with E-state index in [4.69, 9.17) is 0 Å². The maximum atomic E-state index is 12.4. The molecule has 0 radical (unpaired) electrons. The van der Waals surface area contributed by atoms with Crippen LogP contribution in [0.25, 0.3) is 0 Å². The Morgan fingerprint density at radius 2 is 2.31 bits per heavy atom. The van der Waals surface area contributed by atoms with Gasteiger partial charge in [0.15, 0.2) is 0 Å². The van der Waals surface area contributed by atoms with Crippen LogP contribution in [0.15, 0.2) is 12.7 Å². The fourth-order valence-corrected chi connectivity index (χ4v) is 3.00. The van der Waals surface area contributed by atoms with Gasteiger partial charge in [-0.3, -0.25) is 4.79 Å². The van der Waals surface area contributed by atoms with Crippen molar-refractivity contribution in [2.75, 3.05) is 6.54 Å². The van der Waals surface area contributed by atoms with E-state index in [-0.39, 0.29) is 12.0 Å². The highest BCUT2D eigenvalue weighted by Crippen LogP contribution is 2.34. The van der Waals surface area contributed by atoms with Crippen LogP contribution in [0.4, 0.5) is 0 Å². The zero-order valence-corrected chi connectivity index (χ0v) is 10.3. The van der Waals surface area contributed by atoms with Gasteiger partial charge in [0.1, 0.15) is 0 Å². The van der Waals surface area contributed by atoms with Gasteiger partial charge in [0.05, 0.1) is 5.92 Å². The second kappa shape index (κ2) is 4.58. The van der Waals surface area contributed by atoms with E-state index in [2.05, 4.69) is 25.7 Å². The quantitative estimate of drug-likeness (QED) is 0.732. The molecule has 2 aliphatic heterocycles. The summed E-state index contributed by atoms with van der Waals surface area (Å²) in [6.45, 7) is 8.54. The Labute approximate surface area is 97.9 Å². The zero-order valence-electron chi connectivity index (χ0n) is 10.3. The van der Waals surface area contributed by atoms with Crippen LogP contribution in [0.3, 0.4) is 0 Å². The molecular weight excluding hydrogens is 200 g/mol. The van der Waals surface area contributed by atoms with E-state index in [9.17, 15) is 4.79 Å². The van der Waals surface area contributed by atoms with Gasteiger partial charge in [-0.15, -0.1) is 6.58 Å². The number of hydrogen-bond donors (Lipinski definition) is 1. The Kier molecular flexibility index (Phi) is 3.33. The van der Waals surface area contributed by atoms with Crippen LogP contribution in [-0.2, 0) is 4.79 Å². The lowest BCUT2D eigenvalue weighted by molar-refractivity contribution is -0.137. The predicted molar refractivity (Wildman–Crippen MR) is 65.1 cm³/mol. The first kappa shape index (κ1) is 11.6. The van der Waals surface area contributed by atoms with E-state index < -0.39 is 0 Å². The Morgan fingerprint density at radius 1 is 1.56 bits per heavy atom. The van der Waals surface area contributed by atoms with Crippen LogP contribution >= 0.6 is 0 Å². The maximum absolute atomic E-state index is 12.4. The van der Waals surface area contributed by atoms with Crippen molar-refractivity contribution >= 4 is 5.91 Å². The van der Waals surface area contributed by atoms with Crippen molar-refractivity contribution in [2.45, 2.75) is 51.2 Å². The lowest BCUT2D eigenvalue weighted by Gasteiger charge is -2.31. The van der Waals surface area contributed by atoms with Gasteiger partial charge in [0, 0.05) is 24.7 Å². The molecule has 2 heterocycles. The van der Waals surface area contributed by atoms with Gasteiger partial charge in [-0.2, -0.15) is 0 Å². The number of carbonyl (C=O) groups excluding carboxylic acids is 1. The van der Waals surface area contributed by atoms with Gasteiger partial charge in [-0.25, -0.2) is 0 Å². The number of nitrogens with one attached hydrogen (secondary N) is 1. The first-order chi connectivity index (χ1) is 7.63. The second-order valence-corrected chi connectivity index (χ2v) is 5.26. The van der Waals surface area contributed by atoms with E-state index in [1.54, 1.807) is 0 Å². The summed E-state index contributed by atoms with van der Waals surface area (Å²) in [5, 5.41) is 3.52. The van der Waals surface area contributed by atoms with E-state index >= 15 is 0 Å². The summed E-state index contributed by atoms with van der Waals surface area (Å²) in [7, 11) is 0. The zero-order chi connectivity index (χ0) is 11.7. The molecule has 16 heavy (non-hydrogen) atoms. The lowest BCUT2D eigenvalue weighted by atomic mass is 9.88. The largest absolute Gasteiger partial charge is 0.336 e. The maximum Gasteiger partial charge on any atom is 0.227 e. The summed E-state index contributed by atoms with van der Waals surface area (Å²) in [5.74, 6) is 0.524. The number of carbonyl (C=O) groups is 1. The molecule has 1 N–H and O–H groups in total. The molecule has 2 rings (SSSR count). The van der Waals surface area contributed by atoms with E-state index in [0.717, 1.165) is 6.42 Å².